The van der Waals surface area contributed by atoms with Crippen molar-refractivity contribution in [2.24, 2.45) is 5.73 Å². The molecule has 19 heavy (non-hydrogen) atoms. The minimum Gasteiger partial charge on any atom is -0.369 e. The first-order valence-corrected chi connectivity index (χ1v) is 6.13. The van der Waals surface area contributed by atoms with Gasteiger partial charge in [0.05, 0.1) is 11.4 Å². The van der Waals surface area contributed by atoms with Crippen molar-refractivity contribution in [3.05, 3.63) is 70.2 Å². The lowest BCUT2D eigenvalue weighted by molar-refractivity contribution is -0.117. The minimum atomic E-state index is -0.480. The molecule has 0 saturated carbocycles. The van der Waals surface area contributed by atoms with E-state index in [-0.39, 0.29) is 17.2 Å². The summed E-state index contributed by atoms with van der Waals surface area (Å²) in [4.78, 5) is 23.3. The van der Waals surface area contributed by atoms with Crippen LogP contribution < -0.4 is 5.73 Å². The third kappa shape index (κ3) is 3.01. The van der Waals surface area contributed by atoms with Crippen molar-refractivity contribution >= 4 is 23.3 Å². The summed E-state index contributed by atoms with van der Waals surface area (Å²) >= 11 is 6.17. The van der Waals surface area contributed by atoms with Crippen molar-refractivity contribution in [1.29, 1.82) is 0 Å². The Morgan fingerprint density at radius 2 is 1.68 bits per heavy atom. The molecule has 0 radical (unpaired) electrons. The maximum absolute atomic E-state index is 12.3. The highest BCUT2D eigenvalue weighted by Crippen LogP contribution is 2.24. The molecule has 0 spiro atoms. The number of nitrogens with two attached hydrogens (primary N) is 1. The van der Waals surface area contributed by atoms with Crippen LogP contribution in [0.25, 0.3) is 0 Å². The molecule has 1 amide bonds. The molecule has 0 fully saturated rings. The fraction of sp³-hybridized carbons (Fsp3) is 0.0667. The first-order chi connectivity index (χ1) is 9.09. The Morgan fingerprint density at radius 1 is 1.00 bits per heavy atom. The first kappa shape index (κ1) is 13.3. The standard InChI is InChI=1S/C15H12ClNO2/c16-14-11(9-13(17)18)7-4-8-12(14)15(19)10-5-2-1-3-6-10/h1-8H,9H2,(H2,17,18). The van der Waals surface area contributed by atoms with E-state index in [1.807, 2.05) is 6.07 Å². The molecular weight excluding hydrogens is 262 g/mol. The molecular formula is C15H12ClNO2. The van der Waals surface area contributed by atoms with E-state index in [9.17, 15) is 9.59 Å². The van der Waals surface area contributed by atoms with Gasteiger partial charge in [-0.2, -0.15) is 0 Å². The second kappa shape index (κ2) is 5.67. The molecule has 0 aliphatic heterocycles. The van der Waals surface area contributed by atoms with Crippen LogP contribution in [0.1, 0.15) is 21.5 Å². The number of carbonyl (C=O) groups is 2. The monoisotopic (exact) mass is 273 g/mol. The van der Waals surface area contributed by atoms with Gasteiger partial charge in [-0.25, -0.2) is 0 Å². The van der Waals surface area contributed by atoms with Crippen LogP contribution in [0, 0.1) is 0 Å². The number of benzene rings is 2. The van der Waals surface area contributed by atoms with Crippen molar-refractivity contribution in [1.82, 2.24) is 0 Å². The van der Waals surface area contributed by atoms with Crippen LogP contribution in [0.15, 0.2) is 48.5 Å². The van der Waals surface area contributed by atoms with Gasteiger partial charge in [0, 0.05) is 11.1 Å². The largest absolute Gasteiger partial charge is 0.369 e. The van der Waals surface area contributed by atoms with Gasteiger partial charge in [0.2, 0.25) is 5.91 Å². The predicted octanol–water partition coefficient (Wildman–Crippen LogP) is 2.60. The number of amides is 1. The van der Waals surface area contributed by atoms with Crippen LogP contribution in [0.5, 0.6) is 0 Å². The van der Waals surface area contributed by atoms with Crippen molar-refractivity contribution < 1.29 is 9.59 Å². The molecule has 0 saturated heterocycles. The second-order valence-corrected chi connectivity index (χ2v) is 4.49. The Hall–Kier alpha value is -2.13. The first-order valence-electron chi connectivity index (χ1n) is 5.75. The Morgan fingerprint density at radius 3 is 2.32 bits per heavy atom. The van der Waals surface area contributed by atoms with E-state index in [1.54, 1.807) is 42.5 Å². The van der Waals surface area contributed by atoms with Crippen molar-refractivity contribution in [2.75, 3.05) is 0 Å². The number of halogens is 1. The van der Waals surface area contributed by atoms with Gasteiger partial charge in [-0.15, -0.1) is 0 Å². The lowest BCUT2D eigenvalue weighted by Gasteiger charge is -2.07. The number of hydrogen-bond acceptors (Lipinski definition) is 2. The predicted molar refractivity (Wildman–Crippen MR) is 74.2 cm³/mol. The fourth-order valence-electron chi connectivity index (χ4n) is 1.82. The van der Waals surface area contributed by atoms with Crippen LogP contribution in [-0.2, 0) is 11.2 Å². The van der Waals surface area contributed by atoms with Gasteiger partial charge in [0.1, 0.15) is 0 Å². The molecule has 0 heterocycles. The highest BCUT2D eigenvalue weighted by atomic mass is 35.5. The van der Waals surface area contributed by atoms with Crippen LogP contribution in [0.4, 0.5) is 0 Å². The second-order valence-electron chi connectivity index (χ2n) is 4.12. The average molecular weight is 274 g/mol. The maximum atomic E-state index is 12.3. The third-order valence-corrected chi connectivity index (χ3v) is 3.17. The minimum absolute atomic E-state index is 0.0226. The van der Waals surface area contributed by atoms with E-state index in [0.29, 0.717) is 16.7 Å². The van der Waals surface area contributed by atoms with E-state index >= 15 is 0 Å². The van der Waals surface area contributed by atoms with Gasteiger partial charge in [0.15, 0.2) is 5.78 Å². The summed E-state index contributed by atoms with van der Waals surface area (Å²) in [6, 6.07) is 13.9. The molecule has 0 aromatic heterocycles. The third-order valence-electron chi connectivity index (χ3n) is 2.72. The summed E-state index contributed by atoms with van der Waals surface area (Å²) in [5.41, 5.74) is 6.65. The van der Waals surface area contributed by atoms with Crippen molar-refractivity contribution in [3.63, 3.8) is 0 Å². The molecule has 0 aliphatic carbocycles. The van der Waals surface area contributed by atoms with E-state index in [4.69, 9.17) is 17.3 Å². The molecule has 3 nitrogen and oxygen atoms in total. The number of hydrogen-bond donors (Lipinski definition) is 1. The van der Waals surface area contributed by atoms with Crippen LogP contribution in [0.3, 0.4) is 0 Å². The maximum Gasteiger partial charge on any atom is 0.221 e. The van der Waals surface area contributed by atoms with Gasteiger partial charge in [-0.3, -0.25) is 9.59 Å². The Labute approximate surface area is 116 Å². The van der Waals surface area contributed by atoms with Crippen LogP contribution in [-0.4, -0.2) is 11.7 Å². The molecule has 96 valence electrons. The Balaban J connectivity index is 2.41. The van der Waals surface area contributed by atoms with E-state index in [2.05, 4.69) is 0 Å². The quantitative estimate of drug-likeness (QED) is 0.871. The zero-order valence-corrected chi connectivity index (χ0v) is 10.9. The average Bonchev–Trinajstić information content (AvgIpc) is 2.41. The number of rotatable bonds is 4. The van der Waals surface area contributed by atoms with Crippen molar-refractivity contribution in [3.8, 4) is 0 Å². The summed E-state index contributed by atoms with van der Waals surface area (Å²) in [7, 11) is 0. The van der Waals surface area contributed by atoms with E-state index < -0.39 is 5.91 Å². The Kier molecular flexibility index (Phi) is 3.97. The molecule has 0 aliphatic rings. The zero-order valence-electron chi connectivity index (χ0n) is 10.1. The highest BCUT2D eigenvalue weighted by Gasteiger charge is 2.15. The lowest BCUT2D eigenvalue weighted by atomic mass is 10.00. The number of primary amides is 1. The summed E-state index contributed by atoms with van der Waals surface area (Å²) in [6.07, 6.45) is 0.0226. The molecule has 2 N–H and O–H groups in total. The van der Waals surface area contributed by atoms with Crippen molar-refractivity contribution in [2.45, 2.75) is 6.42 Å². The SMILES string of the molecule is NC(=O)Cc1cccc(C(=O)c2ccccc2)c1Cl. The fourth-order valence-corrected chi connectivity index (χ4v) is 2.10. The number of ketones is 1. The molecule has 0 unspecified atom stereocenters. The smallest absolute Gasteiger partial charge is 0.221 e. The topological polar surface area (TPSA) is 60.2 Å². The highest BCUT2D eigenvalue weighted by molar-refractivity contribution is 6.35. The normalized spacial score (nSPS) is 10.2. The molecule has 2 aromatic carbocycles. The van der Waals surface area contributed by atoms with Gasteiger partial charge < -0.3 is 5.73 Å². The van der Waals surface area contributed by atoms with Crippen LogP contribution >= 0.6 is 11.6 Å². The molecule has 0 bridgehead atoms. The van der Waals surface area contributed by atoms with Gasteiger partial charge in [-0.05, 0) is 11.6 Å². The summed E-state index contributed by atoms with van der Waals surface area (Å²) in [5.74, 6) is -0.650. The molecule has 0 atom stereocenters. The zero-order chi connectivity index (χ0) is 13.8. The van der Waals surface area contributed by atoms with Gasteiger partial charge >= 0.3 is 0 Å². The Bertz CT molecular complexity index is 623. The number of carbonyl (C=O) groups excluding carboxylic acids is 2. The van der Waals surface area contributed by atoms with Crippen LogP contribution in [0.2, 0.25) is 5.02 Å². The van der Waals surface area contributed by atoms with Gasteiger partial charge in [0.25, 0.3) is 0 Å². The summed E-state index contributed by atoms with van der Waals surface area (Å²) in [5, 5.41) is 0.287. The lowest BCUT2D eigenvalue weighted by Crippen LogP contribution is -2.14. The van der Waals surface area contributed by atoms with Gasteiger partial charge in [-0.1, -0.05) is 54.1 Å². The summed E-state index contributed by atoms with van der Waals surface area (Å²) in [6.45, 7) is 0. The molecule has 2 rings (SSSR count). The molecule has 4 heteroatoms. The molecule has 2 aromatic rings. The van der Waals surface area contributed by atoms with E-state index in [0.717, 1.165) is 0 Å². The van der Waals surface area contributed by atoms with E-state index in [1.165, 1.54) is 0 Å². The summed E-state index contributed by atoms with van der Waals surface area (Å²) < 4.78 is 0.